The van der Waals surface area contributed by atoms with E-state index in [1.807, 2.05) is 49.4 Å². The predicted molar refractivity (Wildman–Crippen MR) is 141 cm³/mol. The number of ether oxygens (including phenoxy) is 2. The molecule has 1 amide bonds. The molecule has 3 N–H and O–H groups in total. The third kappa shape index (κ3) is 7.33. The standard InChI is InChI=1S/C25H32N4O3.HI/c1-2-26-25(29-17-22-14-19-8-3-4-11-23(19)32-22)28-15-18-7-5-9-20(13-18)24(30)27-16-21-10-6-12-31-21;/h3-5,7-9,11,13,21-22H,2,6,10,12,14-17H2,1H3,(H,27,30)(H2,26,28,29);1H. The molecule has 7 nitrogen and oxygen atoms in total. The topological polar surface area (TPSA) is 84.0 Å². The number of benzene rings is 2. The quantitative estimate of drug-likeness (QED) is 0.261. The fourth-order valence-electron chi connectivity index (χ4n) is 4.02. The van der Waals surface area contributed by atoms with E-state index < -0.39 is 0 Å². The van der Waals surface area contributed by atoms with Crippen molar-refractivity contribution < 1.29 is 14.3 Å². The third-order valence-electron chi connectivity index (χ3n) is 5.68. The molecule has 2 aliphatic heterocycles. The minimum Gasteiger partial charge on any atom is -0.488 e. The van der Waals surface area contributed by atoms with Gasteiger partial charge in [0.2, 0.25) is 0 Å². The number of para-hydroxylation sites is 1. The summed E-state index contributed by atoms with van der Waals surface area (Å²) in [5.74, 6) is 1.63. The normalized spacial score (nSPS) is 19.2. The molecule has 2 aromatic rings. The van der Waals surface area contributed by atoms with E-state index in [1.165, 1.54) is 5.56 Å². The monoisotopic (exact) mass is 564 g/mol. The first kappa shape index (κ1) is 25.3. The van der Waals surface area contributed by atoms with Crippen molar-refractivity contribution in [1.29, 1.82) is 0 Å². The highest BCUT2D eigenvalue weighted by Crippen LogP contribution is 2.27. The van der Waals surface area contributed by atoms with Crippen molar-refractivity contribution >= 4 is 35.8 Å². The summed E-state index contributed by atoms with van der Waals surface area (Å²) >= 11 is 0. The predicted octanol–water partition coefficient (Wildman–Crippen LogP) is 3.27. The van der Waals surface area contributed by atoms with Crippen molar-refractivity contribution in [2.75, 3.05) is 26.2 Å². The number of halogens is 1. The zero-order valence-electron chi connectivity index (χ0n) is 19.0. The fourth-order valence-corrected chi connectivity index (χ4v) is 4.02. The largest absolute Gasteiger partial charge is 0.488 e. The Morgan fingerprint density at radius 2 is 1.91 bits per heavy atom. The number of rotatable bonds is 8. The summed E-state index contributed by atoms with van der Waals surface area (Å²) < 4.78 is 11.6. The minimum atomic E-state index is -0.0747. The number of fused-ring (bicyclic) bond motifs is 1. The van der Waals surface area contributed by atoms with Crippen LogP contribution in [0, 0.1) is 0 Å². The molecular weight excluding hydrogens is 531 g/mol. The van der Waals surface area contributed by atoms with Gasteiger partial charge in [0.15, 0.2) is 5.96 Å². The Balaban J connectivity index is 0.00000306. The van der Waals surface area contributed by atoms with Crippen LogP contribution in [-0.4, -0.2) is 50.3 Å². The number of nitrogens with zero attached hydrogens (tertiary/aromatic N) is 1. The Morgan fingerprint density at radius 1 is 1.06 bits per heavy atom. The number of carbonyl (C=O) groups excluding carboxylic acids is 1. The van der Waals surface area contributed by atoms with E-state index in [-0.39, 0.29) is 42.1 Å². The fraction of sp³-hybridized carbons (Fsp3) is 0.440. The number of hydrogen-bond donors (Lipinski definition) is 3. The molecule has 1 saturated heterocycles. The van der Waals surface area contributed by atoms with Crippen molar-refractivity contribution in [1.82, 2.24) is 16.0 Å². The molecule has 1 fully saturated rings. The second kappa shape index (κ2) is 12.8. The van der Waals surface area contributed by atoms with Gasteiger partial charge in [-0.05, 0) is 49.1 Å². The molecular formula is C25H33IN4O3. The first-order chi connectivity index (χ1) is 15.7. The van der Waals surface area contributed by atoms with E-state index in [1.54, 1.807) is 0 Å². The Labute approximate surface area is 212 Å². The molecule has 2 heterocycles. The van der Waals surface area contributed by atoms with E-state index in [9.17, 15) is 4.79 Å². The zero-order valence-corrected chi connectivity index (χ0v) is 21.3. The molecule has 0 radical (unpaired) electrons. The van der Waals surface area contributed by atoms with Crippen LogP contribution in [0.2, 0.25) is 0 Å². The summed E-state index contributed by atoms with van der Waals surface area (Å²) in [7, 11) is 0. The van der Waals surface area contributed by atoms with Gasteiger partial charge in [-0.25, -0.2) is 4.99 Å². The molecule has 33 heavy (non-hydrogen) atoms. The molecule has 2 aromatic carbocycles. The van der Waals surface area contributed by atoms with Crippen LogP contribution >= 0.6 is 24.0 Å². The maximum atomic E-state index is 12.5. The van der Waals surface area contributed by atoms with Gasteiger partial charge >= 0.3 is 0 Å². The van der Waals surface area contributed by atoms with Gasteiger partial charge < -0.3 is 25.4 Å². The lowest BCUT2D eigenvalue weighted by molar-refractivity contribution is 0.0857. The van der Waals surface area contributed by atoms with Gasteiger partial charge in [-0.2, -0.15) is 0 Å². The van der Waals surface area contributed by atoms with Crippen LogP contribution in [0.1, 0.15) is 41.3 Å². The van der Waals surface area contributed by atoms with Gasteiger partial charge in [0, 0.05) is 31.7 Å². The van der Waals surface area contributed by atoms with Gasteiger partial charge in [0.1, 0.15) is 11.9 Å². The molecule has 2 unspecified atom stereocenters. The Kier molecular flexibility index (Phi) is 9.80. The van der Waals surface area contributed by atoms with Crippen LogP contribution in [0.15, 0.2) is 53.5 Å². The summed E-state index contributed by atoms with van der Waals surface area (Å²) in [6.45, 7) is 5.31. The second-order valence-corrected chi connectivity index (χ2v) is 8.17. The van der Waals surface area contributed by atoms with Crippen LogP contribution in [0.25, 0.3) is 0 Å². The molecule has 2 aliphatic rings. The third-order valence-corrected chi connectivity index (χ3v) is 5.68. The number of aliphatic imine (C=N–C) groups is 1. The van der Waals surface area contributed by atoms with Crippen LogP contribution in [-0.2, 0) is 17.7 Å². The first-order valence-electron chi connectivity index (χ1n) is 11.5. The lowest BCUT2D eigenvalue weighted by Gasteiger charge is -2.15. The van der Waals surface area contributed by atoms with Gasteiger partial charge in [-0.3, -0.25) is 4.79 Å². The molecule has 4 rings (SSSR count). The van der Waals surface area contributed by atoms with Crippen LogP contribution < -0.4 is 20.7 Å². The smallest absolute Gasteiger partial charge is 0.251 e. The number of guanidine groups is 1. The Hall–Kier alpha value is -2.33. The molecule has 0 spiro atoms. The average molecular weight is 564 g/mol. The average Bonchev–Trinajstić information content (AvgIpc) is 3.49. The summed E-state index contributed by atoms with van der Waals surface area (Å²) in [5, 5.41) is 9.63. The van der Waals surface area contributed by atoms with Crippen molar-refractivity contribution in [3.63, 3.8) is 0 Å². The van der Waals surface area contributed by atoms with E-state index in [0.29, 0.717) is 25.2 Å². The van der Waals surface area contributed by atoms with Gasteiger partial charge in [0.25, 0.3) is 5.91 Å². The summed E-state index contributed by atoms with van der Waals surface area (Å²) in [6, 6.07) is 15.8. The minimum absolute atomic E-state index is 0. The number of carbonyl (C=O) groups is 1. The van der Waals surface area contributed by atoms with Crippen molar-refractivity contribution in [3.8, 4) is 5.75 Å². The van der Waals surface area contributed by atoms with Gasteiger partial charge in [-0.15, -0.1) is 24.0 Å². The maximum absolute atomic E-state index is 12.5. The van der Waals surface area contributed by atoms with Crippen molar-refractivity contribution in [3.05, 3.63) is 65.2 Å². The van der Waals surface area contributed by atoms with E-state index in [4.69, 9.17) is 14.5 Å². The second-order valence-electron chi connectivity index (χ2n) is 8.17. The highest BCUT2D eigenvalue weighted by atomic mass is 127. The number of nitrogens with one attached hydrogen (secondary N) is 3. The lowest BCUT2D eigenvalue weighted by Crippen LogP contribution is -2.42. The summed E-state index contributed by atoms with van der Waals surface area (Å²) in [5.41, 5.74) is 2.87. The zero-order chi connectivity index (χ0) is 22.2. The molecule has 2 atom stereocenters. The lowest BCUT2D eigenvalue weighted by atomic mass is 10.1. The number of amides is 1. The first-order valence-corrected chi connectivity index (χ1v) is 11.5. The molecule has 178 valence electrons. The van der Waals surface area contributed by atoms with E-state index >= 15 is 0 Å². The van der Waals surface area contributed by atoms with E-state index in [0.717, 1.165) is 49.7 Å². The van der Waals surface area contributed by atoms with Crippen LogP contribution in [0.5, 0.6) is 5.75 Å². The molecule has 0 bridgehead atoms. The Bertz CT molecular complexity index is 922. The number of hydrogen-bond acceptors (Lipinski definition) is 4. The van der Waals surface area contributed by atoms with E-state index in [2.05, 4.69) is 22.0 Å². The maximum Gasteiger partial charge on any atom is 0.251 e. The molecule has 0 aliphatic carbocycles. The molecule has 0 aromatic heterocycles. The highest BCUT2D eigenvalue weighted by Gasteiger charge is 2.22. The van der Waals surface area contributed by atoms with Crippen molar-refractivity contribution in [2.24, 2.45) is 4.99 Å². The van der Waals surface area contributed by atoms with Crippen LogP contribution in [0.3, 0.4) is 0 Å². The molecule has 0 saturated carbocycles. The Morgan fingerprint density at radius 3 is 2.70 bits per heavy atom. The van der Waals surface area contributed by atoms with Gasteiger partial charge in [0.05, 0.1) is 19.2 Å². The molecule has 8 heteroatoms. The summed E-state index contributed by atoms with van der Waals surface area (Å²) in [4.78, 5) is 17.2. The van der Waals surface area contributed by atoms with Crippen LogP contribution in [0.4, 0.5) is 0 Å². The van der Waals surface area contributed by atoms with Crippen molar-refractivity contribution in [2.45, 2.75) is 44.9 Å². The summed E-state index contributed by atoms with van der Waals surface area (Å²) in [6.07, 6.45) is 3.19. The van der Waals surface area contributed by atoms with Gasteiger partial charge in [-0.1, -0.05) is 30.3 Å². The SMILES string of the molecule is CCNC(=NCc1cccc(C(=O)NCC2CCCO2)c1)NCC1Cc2ccccc2O1.I. The highest BCUT2D eigenvalue weighted by molar-refractivity contribution is 14.0.